The van der Waals surface area contributed by atoms with Gasteiger partial charge in [-0.05, 0) is 31.4 Å². The summed E-state index contributed by atoms with van der Waals surface area (Å²) in [4.78, 5) is 15.2. The molecule has 2 aromatic rings. The van der Waals surface area contributed by atoms with Gasteiger partial charge < -0.3 is 10.6 Å². The summed E-state index contributed by atoms with van der Waals surface area (Å²) in [6.45, 7) is 2.87. The molecule has 0 unspecified atom stereocenters. The Kier molecular flexibility index (Phi) is 3.85. The number of amides is 1. The highest BCUT2D eigenvalue weighted by Gasteiger charge is 2.34. The van der Waals surface area contributed by atoms with Gasteiger partial charge in [-0.1, -0.05) is 19.4 Å². The molecule has 112 valence electrons. The number of carbonyl (C=O) groups is 1. The topological polar surface area (TPSA) is 46.3 Å². The van der Waals surface area contributed by atoms with Gasteiger partial charge in [-0.25, -0.2) is 4.39 Å². The molecular weight excluding hydrogens is 287 g/mol. The summed E-state index contributed by atoms with van der Waals surface area (Å²) in [6, 6.07) is 5.19. The first-order valence-electron chi connectivity index (χ1n) is 7.41. The normalized spacial score (nSPS) is 14.6. The maximum atomic E-state index is 13.9. The molecule has 0 atom stereocenters. The fourth-order valence-corrected chi connectivity index (χ4v) is 3.68. The van der Waals surface area contributed by atoms with Crippen LogP contribution in [-0.4, -0.2) is 23.4 Å². The number of nitrogens with zero attached hydrogens (tertiary/aromatic N) is 1. The van der Waals surface area contributed by atoms with Crippen LogP contribution in [0.25, 0.3) is 10.1 Å². The van der Waals surface area contributed by atoms with Gasteiger partial charge in [-0.15, -0.1) is 11.3 Å². The smallest absolute Gasteiger partial charge is 0.266 e. The van der Waals surface area contributed by atoms with Gasteiger partial charge in [0.2, 0.25) is 0 Å². The highest BCUT2D eigenvalue weighted by atomic mass is 32.1. The summed E-state index contributed by atoms with van der Waals surface area (Å²) < 4.78 is 14.6. The van der Waals surface area contributed by atoms with E-state index in [0.717, 1.165) is 36.9 Å². The van der Waals surface area contributed by atoms with E-state index in [2.05, 4.69) is 6.92 Å². The molecular formula is C16H19FN2OS. The molecule has 1 saturated carbocycles. The zero-order valence-electron chi connectivity index (χ0n) is 12.1. The SMILES string of the molecule is CCCCN(C(=O)c1sc2cccc(F)c2c1N)C1CC1. The highest BCUT2D eigenvalue weighted by molar-refractivity contribution is 7.21. The molecule has 5 heteroatoms. The molecule has 3 rings (SSSR count). The number of halogens is 1. The standard InChI is InChI=1S/C16H19FN2OS/c1-2-3-9-19(10-7-8-10)16(20)15-14(18)13-11(17)5-4-6-12(13)21-15/h4-6,10H,2-3,7-9,18H2,1H3. The molecule has 1 aromatic heterocycles. The van der Waals surface area contributed by atoms with Crippen molar-refractivity contribution in [2.75, 3.05) is 12.3 Å². The largest absolute Gasteiger partial charge is 0.397 e. The number of nitrogens with two attached hydrogens (primary N) is 1. The molecule has 0 saturated heterocycles. The van der Waals surface area contributed by atoms with E-state index in [9.17, 15) is 9.18 Å². The van der Waals surface area contributed by atoms with Gasteiger partial charge in [-0.2, -0.15) is 0 Å². The van der Waals surface area contributed by atoms with Crippen molar-refractivity contribution in [3.05, 3.63) is 28.9 Å². The summed E-state index contributed by atoms with van der Waals surface area (Å²) in [5, 5.41) is 0.386. The third kappa shape index (κ3) is 2.62. The lowest BCUT2D eigenvalue weighted by molar-refractivity contribution is 0.0746. The number of benzene rings is 1. The maximum Gasteiger partial charge on any atom is 0.266 e. The van der Waals surface area contributed by atoms with Crippen molar-refractivity contribution in [2.24, 2.45) is 0 Å². The van der Waals surface area contributed by atoms with Crippen molar-refractivity contribution < 1.29 is 9.18 Å². The predicted molar refractivity (Wildman–Crippen MR) is 85.2 cm³/mol. The fourth-order valence-electron chi connectivity index (χ4n) is 2.58. The van der Waals surface area contributed by atoms with E-state index in [1.165, 1.54) is 17.4 Å². The van der Waals surface area contributed by atoms with Gasteiger partial charge in [0.25, 0.3) is 5.91 Å². The second-order valence-corrected chi connectivity index (χ2v) is 6.59. The zero-order chi connectivity index (χ0) is 15.0. The van der Waals surface area contributed by atoms with E-state index in [1.54, 1.807) is 6.07 Å². The van der Waals surface area contributed by atoms with Crippen molar-refractivity contribution in [3.63, 3.8) is 0 Å². The van der Waals surface area contributed by atoms with Crippen molar-refractivity contribution in [3.8, 4) is 0 Å². The number of rotatable bonds is 5. The lowest BCUT2D eigenvalue weighted by Gasteiger charge is -2.21. The molecule has 1 aliphatic rings. The van der Waals surface area contributed by atoms with E-state index < -0.39 is 0 Å². The summed E-state index contributed by atoms with van der Waals surface area (Å²) in [6.07, 6.45) is 4.16. The molecule has 2 N–H and O–H groups in total. The van der Waals surface area contributed by atoms with Gasteiger partial charge in [-0.3, -0.25) is 4.79 Å². The molecule has 1 amide bonds. The van der Waals surface area contributed by atoms with Crippen molar-refractivity contribution in [2.45, 2.75) is 38.6 Å². The molecule has 0 radical (unpaired) electrons. The third-order valence-corrected chi connectivity index (χ3v) is 5.06. The van der Waals surface area contributed by atoms with E-state index in [1.807, 2.05) is 11.0 Å². The quantitative estimate of drug-likeness (QED) is 0.906. The Balaban J connectivity index is 1.96. The maximum absolute atomic E-state index is 13.9. The first-order valence-corrected chi connectivity index (χ1v) is 8.22. The molecule has 3 nitrogen and oxygen atoms in total. The number of nitrogen functional groups attached to an aromatic ring is 1. The lowest BCUT2D eigenvalue weighted by atomic mass is 10.2. The second kappa shape index (κ2) is 5.64. The Labute approximate surface area is 127 Å². The minimum Gasteiger partial charge on any atom is -0.397 e. The average molecular weight is 306 g/mol. The highest BCUT2D eigenvalue weighted by Crippen LogP contribution is 2.38. The van der Waals surface area contributed by atoms with E-state index in [0.29, 0.717) is 22.0 Å². The van der Waals surface area contributed by atoms with Crippen molar-refractivity contribution in [1.82, 2.24) is 4.90 Å². The summed E-state index contributed by atoms with van der Waals surface area (Å²) in [5.41, 5.74) is 6.34. The first-order chi connectivity index (χ1) is 10.1. The number of carbonyl (C=O) groups excluding carboxylic acids is 1. The zero-order valence-corrected chi connectivity index (χ0v) is 12.9. The summed E-state index contributed by atoms with van der Waals surface area (Å²) in [5.74, 6) is -0.393. The van der Waals surface area contributed by atoms with Gasteiger partial charge in [0.1, 0.15) is 10.7 Å². The Morgan fingerprint density at radius 3 is 2.86 bits per heavy atom. The van der Waals surface area contributed by atoms with Crippen LogP contribution in [0, 0.1) is 5.82 Å². The van der Waals surface area contributed by atoms with Gasteiger partial charge in [0.05, 0.1) is 11.1 Å². The average Bonchev–Trinajstić information content (AvgIpc) is 3.24. The molecule has 0 bridgehead atoms. The van der Waals surface area contributed by atoms with Crippen LogP contribution >= 0.6 is 11.3 Å². The molecule has 1 heterocycles. The Hall–Kier alpha value is -1.62. The van der Waals surface area contributed by atoms with Gasteiger partial charge in [0, 0.05) is 17.3 Å². The molecule has 1 aromatic carbocycles. The van der Waals surface area contributed by atoms with Crippen LogP contribution < -0.4 is 5.73 Å². The minimum absolute atomic E-state index is 0.0379. The Morgan fingerprint density at radius 2 is 2.24 bits per heavy atom. The van der Waals surface area contributed by atoms with Crippen LogP contribution in [0.4, 0.5) is 10.1 Å². The predicted octanol–water partition coefficient (Wildman–Crippen LogP) is 4.03. The van der Waals surface area contributed by atoms with E-state index >= 15 is 0 Å². The molecule has 21 heavy (non-hydrogen) atoms. The van der Waals surface area contributed by atoms with Crippen molar-refractivity contribution >= 4 is 33.0 Å². The fraction of sp³-hybridized carbons (Fsp3) is 0.438. The molecule has 0 aliphatic heterocycles. The van der Waals surface area contributed by atoms with E-state index in [-0.39, 0.29) is 11.7 Å². The summed E-state index contributed by atoms with van der Waals surface area (Å²) >= 11 is 1.30. The molecule has 1 fully saturated rings. The summed E-state index contributed by atoms with van der Waals surface area (Å²) in [7, 11) is 0. The second-order valence-electron chi connectivity index (χ2n) is 5.54. The number of hydrogen-bond acceptors (Lipinski definition) is 3. The van der Waals surface area contributed by atoms with Crippen LogP contribution in [0.1, 0.15) is 42.3 Å². The van der Waals surface area contributed by atoms with Crippen LogP contribution in [0.3, 0.4) is 0 Å². The monoisotopic (exact) mass is 306 g/mol. The van der Waals surface area contributed by atoms with Crippen LogP contribution in [0.15, 0.2) is 18.2 Å². The third-order valence-electron chi connectivity index (χ3n) is 3.90. The lowest BCUT2D eigenvalue weighted by Crippen LogP contribution is -2.33. The Bertz CT molecular complexity index is 678. The Morgan fingerprint density at radius 1 is 1.48 bits per heavy atom. The molecule has 0 spiro atoms. The van der Waals surface area contributed by atoms with Gasteiger partial charge in [0.15, 0.2) is 0 Å². The van der Waals surface area contributed by atoms with Crippen LogP contribution in [0.2, 0.25) is 0 Å². The number of anilines is 1. The number of fused-ring (bicyclic) bond motifs is 1. The number of thiophene rings is 1. The van der Waals surface area contributed by atoms with Crippen LogP contribution in [-0.2, 0) is 0 Å². The minimum atomic E-state index is -0.355. The number of unbranched alkanes of at least 4 members (excludes halogenated alkanes) is 1. The van der Waals surface area contributed by atoms with Gasteiger partial charge >= 0.3 is 0 Å². The van der Waals surface area contributed by atoms with E-state index in [4.69, 9.17) is 5.73 Å². The van der Waals surface area contributed by atoms with Crippen LogP contribution in [0.5, 0.6) is 0 Å². The number of hydrogen-bond donors (Lipinski definition) is 1. The first kappa shape index (κ1) is 14.3. The van der Waals surface area contributed by atoms with Crippen molar-refractivity contribution in [1.29, 1.82) is 0 Å². The molecule has 1 aliphatic carbocycles.